The molecule has 1 spiro atoms. The number of hydrogen-bond acceptors (Lipinski definition) is 4. The number of hydrogen-bond donors (Lipinski definition) is 2. The molecule has 2 heterocycles. The highest BCUT2D eigenvalue weighted by atomic mass is 32.2. The van der Waals surface area contributed by atoms with E-state index in [-0.39, 0.29) is 10.2 Å². The molecular weight excluding hydrogens is 268 g/mol. The normalized spacial score (nSPS) is 35.8. The first-order valence-corrected chi connectivity index (χ1v) is 8.32. The molecule has 3 nitrogen and oxygen atoms in total. The predicted molar refractivity (Wildman–Crippen MR) is 82.4 cm³/mol. The molecule has 3 unspecified atom stereocenters. The summed E-state index contributed by atoms with van der Waals surface area (Å²) >= 11 is 1.88. The lowest BCUT2D eigenvalue weighted by atomic mass is 9.74. The van der Waals surface area contributed by atoms with E-state index in [1.807, 2.05) is 11.8 Å². The number of rotatable bonds is 0. The van der Waals surface area contributed by atoms with E-state index in [2.05, 4.69) is 35.7 Å². The van der Waals surface area contributed by atoms with Gasteiger partial charge in [-0.25, -0.2) is 0 Å². The van der Waals surface area contributed by atoms with Crippen molar-refractivity contribution >= 4 is 11.8 Å². The lowest BCUT2D eigenvalue weighted by Gasteiger charge is -2.50. The molecule has 3 N–H and O–H groups in total. The van der Waals surface area contributed by atoms with Crippen LogP contribution in [0.1, 0.15) is 31.2 Å². The van der Waals surface area contributed by atoms with Gasteiger partial charge in [0.15, 0.2) is 0 Å². The zero-order valence-corrected chi connectivity index (χ0v) is 12.3. The molecule has 1 saturated heterocycles. The molecule has 1 aromatic rings. The van der Waals surface area contributed by atoms with E-state index in [0.717, 1.165) is 25.1 Å². The monoisotopic (exact) mass is 288 g/mol. The molecular formula is C16H20N2OS. The zero-order valence-electron chi connectivity index (χ0n) is 11.5. The summed E-state index contributed by atoms with van der Waals surface area (Å²) < 4.78 is 6.27. The van der Waals surface area contributed by atoms with Crippen LogP contribution in [0, 0.1) is 5.92 Å². The Morgan fingerprint density at radius 3 is 3.15 bits per heavy atom. The minimum Gasteiger partial charge on any atom is -0.461 e. The maximum Gasteiger partial charge on any atom is 0.131 e. The van der Waals surface area contributed by atoms with Crippen molar-refractivity contribution in [1.29, 1.82) is 0 Å². The van der Waals surface area contributed by atoms with E-state index in [0.29, 0.717) is 5.92 Å². The van der Waals surface area contributed by atoms with Crippen LogP contribution in [-0.2, 0) is 4.75 Å². The van der Waals surface area contributed by atoms with Gasteiger partial charge in [-0.2, -0.15) is 0 Å². The number of para-hydroxylation sites is 1. The predicted octanol–water partition coefficient (Wildman–Crippen LogP) is 2.93. The van der Waals surface area contributed by atoms with Crippen LogP contribution in [-0.4, -0.2) is 12.0 Å². The summed E-state index contributed by atoms with van der Waals surface area (Å²) in [4.78, 5) is 0. The van der Waals surface area contributed by atoms with Gasteiger partial charge >= 0.3 is 0 Å². The van der Waals surface area contributed by atoms with E-state index in [1.165, 1.54) is 24.2 Å². The lowest BCUT2D eigenvalue weighted by Crippen LogP contribution is -2.51. The molecule has 0 amide bonds. The molecule has 3 aliphatic rings. The molecule has 4 heteroatoms. The van der Waals surface area contributed by atoms with Gasteiger partial charge in [-0.1, -0.05) is 18.2 Å². The van der Waals surface area contributed by atoms with E-state index >= 15 is 0 Å². The van der Waals surface area contributed by atoms with Crippen molar-refractivity contribution in [3.63, 3.8) is 0 Å². The fourth-order valence-corrected chi connectivity index (χ4v) is 5.40. The minimum absolute atomic E-state index is 0.0121. The number of thioether (sulfide) groups is 1. The number of nitrogens with one attached hydrogen (secondary N) is 1. The maximum absolute atomic E-state index is 6.21. The van der Waals surface area contributed by atoms with E-state index in [4.69, 9.17) is 10.5 Å². The fraction of sp³-hybridized carbons (Fsp3) is 0.500. The van der Waals surface area contributed by atoms with Crippen molar-refractivity contribution in [2.75, 3.05) is 6.54 Å². The standard InChI is InChI=1S/C16H20N2OS/c17-15-18-10-9-16(20-15)11-5-1-3-7-13(11)19-14-8-4-2-6-12(14)16/h1,3,5,7-8,12,15,18H,2,4,6,9-10,17H2. The third-order valence-electron chi connectivity index (χ3n) is 4.70. The lowest BCUT2D eigenvalue weighted by molar-refractivity contribution is 0.218. The zero-order chi connectivity index (χ0) is 13.6. The molecule has 4 rings (SSSR count). The van der Waals surface area contributed by atoms with Crippen LogP contribution in [0.4, 0.5) is 0 Å². The first-order chi connectivity index (χ1) is 9.79. The summed E-state index contributed by atoms with van der Waals surface area (Å²) in [7, 11) is 0. The molecule has 20 heavy (non-hydrogen) atoms. The number of fused-ring (bicyclic) bond motifs is 4. The van der Waals surface area contributed by atoms with Crippen LogP contribution < -0.4 is 15.8 Å². The summed E-state index contributed by atoms with van der Waals surface area (Å²) in [5.74, 6) is 2.68. The van der Waals surface area contributed by atoms with Crippen LogP contribution in [0.5, 0.6) is 5.75 Å². The second-order valence-electron chi connectivity index (χ2n) is 5.82. The molecule has 3 atom stereocenters. The Hall–Kier alpha value is -0.970. The SMILES string of the molecule is NC1NCCC2(S1)c1ccccc1OC1=CCCCC12. The van der Waals surface area contributed by atoms with Gasteiger partial charge in [0, 0.05) is 11.5 Å². The van der Waals surface area contributed by atoms with Crippen molar-refractivity contribution in [2.45, 2.75) is 35.9 Å². The topological polar surface area (TPSA) is 47.3 Å². The van der Waals surface area contributed by atoms with Crippen LogP contribution in [0.3, 0.4) is 0 Å². The number of ether oxygens (including phenoxy) is 1. The Bertz CT molecular complexity index is 559. The first kappa shape index (κ1) is 12.7. The highest BCUT2D eigenvalue weighted by Gasteiger charge is 2.50. The van der Waals surface area contributed by atoms with Gasteiger partial charge in [0.2, 0.25) is 0 Å². The van der Waals surface area contributed by atoms with Gasteiger partial charge in [-0.05, 0) is 44.4 Å². The molecule has 1 fully saturated rings. The third kappa shape index (κ3) is 1.82. The first-order valence-electron chi connectivity index (χ1n) is 7.44. The maximum atomic E-state index is 6.21. The summed E-state index contributed by atoms with van der Waals surface area (Å²) in [6.45, 7) is 0.978. The number of nitrogens with two attached hydrogens (primary N) is 1. The highest BCUT2D eigenvalue weighted by molar-refractivity contribution is 8.00. The molecule has 1 aliphatic carbocycles. The molecule has 106 valence electrons. The smallest absolute Gasteiger partial charge is 0.131 e. The van der Waals surface area contributed by atoms with Crippen LogP contribution in [0.15, 0.2) is 36.1 Å². The number of allylic oxidation sites excluding steroid dienone is 2. The van der Waals surface area contributed by atoms with Crippen molar-refractivity contribution in [1.82, 2.24) is 5.32 Å². The molecule has 0 saturated carbocycles. The molecule has 0 radical (unpaired) electrons. The number of benzene rings is 1. The Kier molecular flexibility index (Phi) is 3.05. The van der Waals surface area contributed by atoms with Gasteiger partial charge in [0.05, 0.1) is 4.75 Å². The van der Waals surface area contributed by atoms with Crippen LogP contribution >= 0.6 is 11.8 Å². The van der Waals surface area contributed by atoms with Crippen molar-refractivity contribution in [2.24, 2.45) is 11.7 Å². The van der Waals surface area contributed by atoms with Crippen LogP contribution in [0.2, 0.25) is 0 Å². The Morgan fingerprint density at radius 2 is 2.25 bits per heavy atom. The second-order valence-corrected chi connectivity index (χ2v) is 7.29. The molecule has 1 aromatic carbocycles. The van der Waals surface area contributed by atoms with Crippen molar-refractivity contribution in [3.05, 3.63) is 41.7 Å². The minimum atomic E-state index is 0.0121. The summed E-state index contributed by atoms with van der Waals surface area (Å²) in [5, 5.41) is 3.36. The van der Waals surface area contributed by atoms with Crippen molar-refractivity contribution < 1.29 is 4.74 Å². The molecule has 2 aliphatic heterocycles. The third-order valence-corrected chi connectivity index (χ3v) is 6.25. The second kappa shape index (κ2) is 4.79. The van der Waals surface area contributed by atoms with Crippen molar-refractivity contribution in [3.8, 4) is 5.75 Å². The Morgan fingerprint density at radius 1 is 1.35 bits per heavy atom. The van der Waals surface area contributed by atoms with Gasteiger partial charge in [0.1, 0.15) is 17.0 Å². The van der Waals surface area contributed by atoms with Gasteiger partial charge < -0.3 is 10.5 Å². The fourth-order valence-electron chi connectivity index (χ4n) is 3.83. The average Bonchev–Trinajstić information content (AvgIpc) is 2.48. The Labute approximate surface area is 124 Å². The van der Waals surface area contributed by atoms with E-state index < -0.39 is 0 Å². The summed E-state index contributed by atoms with van der Waals surface area (Å²) in [6, 6.07) is 8.50. The van der Waals surface area contributed by atoms with E-state index in [9.17, 15) is 0 Å². The van der Waals surface area contributed by atoms with Gasteiger partial charge in [-0.3, -0.25) is 5.32 Å². The molecule has 0 aromatic heterocycles. The van der Waals surface area contributed by atoms with Crippen LogP contribution in [0.25, 0.3) is 0 Å². The van der Waals surface area contributed by atoms with Gasteiger partial charge in [0.25, 0.3) is 0 Å². The quantitative estimate of drug-likeness (QED) is 0.770. The highest BCUT2D eigenvalue weighted by Crippen LogP contribution is 2.58. The van der Waals surface area contributed by atoms with E-state index in [1.54, 1.807) is 0 Å². The Balaban J connectivity index is 1.88. The summed E-state index contributed by atoms with van der Waals surface area (Å²) in [5.41, 5.74) is 7.56. The van der Waals surface area contributed by atoms with Gasteiger partial charge in [-0.15, -0.1) is 11.8 Å². The average molecular weight is 288 g/mol. The summed E-state index contributed by atoms with van der Waals surface area (Å²) in [6.07, 6.45) is 7.01. The largest absolute Gasteiger partial charge is 0.461 e. The molecule has 0 bridgehead atoms.